The van der Waals surface area contributed by atoms with Crippen LogP contribution in [0.3, 0.4) is 0 Å². The summed E-state index contributed by atoms with van der Waals surface area (Å²) in [5, 5.41) is 8.91. The van der Waals surface area contributed by atoms with Crippen LogP contribution in [0.2, 0.25) is 0 Å². The second-order valence-corrected chi connectivity index (χ2v) is 4.67. The lowest BCUT2D eigenvalue weighted by Crippen LogP contribution is -2.54. The van der Waals surface area contributed by atoms with Crippen molar-refractivity contribution in [2.75, 3.05) is 32.8 Å². The summed E-state index contributed by atoms with van der Waals surface area (Å²) in [6, 6.07) is -0.369. The molecule has 1 unspecified atom stereocenters. The van der Waals surface area contributed by atoms with Crippen LogP contribution in [-0.4, -0.2) is 71.7 Å². The van der Waals surface area contributed by atoms with Crippen molar-refractivity contribution < 1.29 is 24.2 Å². The molecule has 1 saturated heterocycles. The van der Waals surface area contributed by atoms with Crippen LogP contribution in [0.25, 0.3) is 0 Å². The summed E-state index contributed by atoms with van der Waals surface area (Å²) in [4.78, 5) is 37.0. The van der Waals surface area contributed by atoms with Crippen molar-refractivity contribution in [3.05, 3.63) is 0 Å². The Bertz CT molecular complexity index is 374. The number of carbonyl (C=O) groups excluding carboxylic acids is 2. The van der Waals surface area contributed by atoms with Gasteiger partial charge in [-0.15, -0.1) is 0 Å². The van der Waals surface area contributed by atoms with Crippen molar-refractivity contribution in [2.24, 2.45) is 5.73 Å². The second-order valence-electron chi connectivity index (χ2n) is 4.67. The quantitative estimate of drug-likeness (QED) is 0.682. The van der Waals surface area contributed by atoms with Gasteiger partial charge in [0.25, 0.3) is 0 Å². The van der Waals surface area contributed by atoms with Crippen LogP contribution >= 0.6 is 0 Å². The fourth-order valence-corrected chi connectivity index (χ4v) is 1.95. The first-order chi connectivity index (χ1) is 9.45. The van der Waals surface area contributed by atoms with E-state index in [4.69, 9.17) is 15.6 Å². The molecule has 8 nitrogen and oxygen atoms in total. The second kappa shape index (κ2) is 7.68. The maximum absolute atomic E-state index is 12.3. The van der Waals surface area contributed by atoms with Gasteiger partial charge >= 0.3 is 12.0 Å². The van der Waals surface area contributed by atoms with E-state index in [0.717, 1.165) is 12.8 Å². The normalized spacial score (nSPS) is 18.6. The molecule has 0 aromatic carbocycles. The summed E-state index contributed by atoms with van der Waals surface area (Å²) in [7, 11) is 0. The van der Waals surface area contributed by atoms with Gasteiger partial charge in [0.2, 0.25) is 5.91 Å². The minimum atomic E-state index is -1.10. The molecule has 1 aliphatic heterocycles. The maximum Gasteiger partial charge on any atom is 0.334 e. The number of nitrogens with two attached hydrogens (primary N) is 1. The van der Waals surface area contributed by atoms with E-state index in [1.54, 1.807) is 0 Å². The number of rotatable bonds is 6. The van der Waals surface area contributed by atoms with Crippen molar-refractivity contribution >= 4 is 17.9 Å². The summed E-state index contributed by atoms with van der Waals surface area (Å²) in [5.74, 6) is -1.69. The van der Waals surface area contributed by atoms with Gasteiger partial charge in [0.05, 0.1) is 13.2 Å². The van der Waals surface area contributed by atoms with Gasteiger partial charge in [-0.25, -0.2) is 9.59 Å². The summed E-state index contributed by atoms with van der Waals surface area (Å²) < 4.78 is 5.06. The monoisotopic (exact) mass is 287 g/mol. The van der Waals surface area contributed by atoms with Crippen LogP contribution in [0.15, 0.2) is 0 Å². The molecule has 3 amide bonds. The third-order valence-corrected chi connectivity index (χ3v) is 3.01. The molecule has 114 valence electrons. The molecule has 0 radical (unpaired) electrons. The van der Waals surface area contributed by atoms with Gasteiger partial charge in [0, 0.05) is 13.1 Å². The number of amides is 3. The van der Waals surface area contributed by atoms with Crippen molar-refractivity contribution in [3.63, 3.8) is 0 Å². The number of aliphatic carboxylic acids is 1. The van der Waals surface area contributed by atoms with E-state index in [9.17, 15) is 14.4 Å². The Kier molecular flexibility index (Phi) is 6.23. The largest absolute Gasteiger partial charge is 0.479 e. The number of hydrogen-bond donors (Lipinski definition) is 2. The molecule has 8 heteroatoms. The Morgan fingerprint density at radius 3 is 2.70 bits per heavy atom. The summed E-state index contributed by atoms with van der Waals surface area (Å²) in [6.07, 6.45) is 0.615. The Labute approximate surface area is 117 Å². The molecule has 0 aliphatic carbocycles. The average molecular weight is 287 g/mol. The summed E-state index contributed by atoms with van der Waals surface area (Å²) >= 11 is 0. The van der Waals surface area contributed by atoms with Crippen LogP contribution in [0.5, 0.6) is 0 Å². The fraction of sp³-hybridized carbons (Fsp3) is 0.750. The minimum absolute atomic E-state index is 0.0183. The van der Waals surface area contributed by atoms with E-state index in [2.05, 4.69) is 0 Å². The molecular weight excluding hydrogens is 266 g/mol. The predicted octanol–water partition coefficient (Wildman–Crippen LogP) is -0.521. The fourth-order valence-electron chi connectivity index (χ4n) is 1.95. The van der Waals surface area contributed by atoms with Crippen LogP contribution in [0.1, 0.15) is 19.8 Å². The van der Waals surface area contributed by atoms with Crippen LogP contribution < -0.4 is 5.73 Å². The zero-order valence-corrected chi connectivity index (χ0v) is 11.6. The van der Waals surface area contributed by atoms with Gasteiger partial charge in [-0.2, -0.15) is 0 Å². The van der Waals surface area contributed by atoms with E-state index < -0.39 is 18.0 Å². The van der Waals surface area contributed by atoms with Crippen molar-refractivity contribution in [2.45, 2.75) is 25.9 Å². The molecule has 1 fully saturated rings. The lowest BCUT2D eigenvalue weighted by molar-refractivity contribution is -0.154. The van der Waals surface area contributed by atoms with E-state index in [0.29, 0.717) is 13.1 Å². The molecule has 1 heterocycles. The van der Waals surface area contributed by atoms with E-state index in [-0.39, 0.29) is 25.7 Å². The summed E-state index contributed by atoms with van der Waals surface area (Å²) in [5.41, 5.74) is 5.14. The first kappa shape index (κ1) is 16.2. The topological polar surface area (TPSA) is 113 Å². The van der Waals surface area contributed by atoms with Crippen molar-refractivity contribution in [3.8, 4) is 0 Å². The molecule has 0 aromatic heterocycles. The highest BCUT2D eigenvalue weighted by atomic mass is 16.5. The van der Waals surface area contributed by atoms with Gasteiger partial charge in [-0.3, -0.25) is 4.79 Å². The third-order valence-electron chi connectivity index (χ3n) is 3.01. The number of carboxylic acids is 1. The number of unbranched alkanes of at least 4 members (excludes halogenated alkanes) is 1. The van der Waals surface area contributed by atoms with Crippen LogP contribution in [0.4, 0.5) is 4.79 Å². The minimum Gasteiger partial charge on any atom is -0.479 e. The van der Waals surface area contributed by atoms with Gasteiger partial charge in [0.1, 0.15) is 6.54 Å². The number of carboxylic acid groups (broad SMARTS) is 1. The predicted molar refractivity (Wildman–Crippen MR) is 70.0 cm³/mol. The number of urea groups is 1. The molecule has 0 aromatic rings. The van der Waals surface area contributed by atoms with Gasteiger partial charge in [-0.1, -0.05) is 13.3 Å². The van der Waals surface area contributed by atoms with E-state index >= 15 is 0 Å². The average Bonchev–Trinajstić information content (AvgIpc) is 2.42. The molecule has 20 heavy (non-hydrogen) atoms. The molecule has 0 saturated carbocycles. The number of primary amides is 1. The Balaban J connectivity index is 2.67. The maximum atomic E-state index is 12.3. The number of ether oxygens (including phenoxy) is 1. The van der Waals surface area contributed by atoms with Crippen molar-refractivity contribution in [1.82, 2.24) is 9.80 Å². The number of carbonyl (C=O) groups is 3. The SMILES string of the molecule is CCCCN(CC(N)=O)C(=O)N1CCOC(C(=O)O)C1. The van der Waals surface area contributed by atoms with Gasteiger partial charge < -0.3 is 25.4 Å². The molecule has 1 atom stereocenters. The number of morpholine rings is 1. The van der Waals surface area contributed by atoms with Crippen LogP contribution in [-0.2, 0) is 14.3 Å². The standard InChI is InChI=1S/C12H21N3O5/c1-2-3-4-14(8-10(13)16)12(19)15-5-6-20-9(7-15)11(17)18/h9H,2-8H2,1H3,(H2,13,16)(H,17,18). The summed E-state index contributed by atoms with van der Waals surface area (Å²) in [6.45, 7) is 2.70. The first-order valence-electron chi connectivity index (χ1n) is 6.62. The Morgan fingerprint density at radius 2 is 2.15 bits per heavy atom. The van der Waals surface area contributed by atoms with Crippen LogP contribution in [0, 0.1) is 0 Å². The molecule has 1 aliphatic rings. The van der Waals surface area contributed by atoms with Gasteiger partial charge in [-0.05, 0) is 6.42 Å². The smallest absolute Gasteiger partial charge is 0.334 e. The number of hydrogen-bond acceptors (Lipinski definition) is 4. The van der Waals surface area contributed by atoms with E-state index in [1.807, 2.05) is 6.92 Å². The zero-order valence-electron chi connectivity index (χ0n) is 11.6. The zero-order chi connectivity index (χ0) is 15.1. The highest BCUT2D eigenvalue weighted by Gasteiger charge is 2.31. The third kappa shape index (κ3) is 4.69. The number of nitrogens with zero attached hydrogens (tertiary/aromatic N) is 2. The molecule has 0 bridgehead atoms. The lowest BCUT2D eigenvalue weighted by Gasteiger charge is -2.34. The van der Waals surface area contributed by atoms with Gasteiger partial charge in [0.15, 0.2) is 6.10 Å². The highest BCUT2D eigenvalue weighted by molar-refractivity contribution is 5.83. The molecular formula is C12H21N3O5. The first-order valence-corrected chi connectivity index (χ1v) is 6.62. The van der Waals surface area contributed by atoms with Crippen molar-refractivity contribution in [1.29, 1.82) is 0 Å². The highest BCUT2D eigenvalue weighted by Crippen LogP contribution is 2.09. The Morgan fingerprint density at radius 1 is 1.45 bits per heavy atom. The van der Waals surface area contributed by atoms with E-state index in [1.165, 1.54) is 9.80 Å². The Hall–Kier alpha value is -1.83. The molecule has 0 spiro atoms. The lowest BCUT2D eigenvalue weighted by atomic mass is 10.2. The molecule has 1 rings (SSSR count). The molecule has 3 N–H and O–H groups in total.